The maximum absolute atomic E-state index is 2.40. The Morgan fingerprint density at radius 3 is 2.77 bits per heavy atom. The zero-order valence-electron chi connectivity index (χ0n) is 12.3. The average molecular weight is 343 g/mol. The van der Waals surface area contributed by atoms with Crippen molar-refractivity contribution in [1.82, 2.24) is 0 Å². The largest absolute Gasteiger partial charge is 0.144 e. The molecule has 0 saturated heterocycles. The molecule has 5 rings (SSSR count). The van der Waals surface area contributed by atoms with E-state index in [-0.39, 0.29) is 0 Å². The number of fused-ring (bicyclic) bond motifs is 2. The van der Waals surface area contributed by atoms with E-state index in [0.717, 1.165) is 11.8 Å². The Labute approximate surface area is 143 Å². The third-order valence-corrected chi connectivity index (χ3v) is 8.31. The summed E-state index contributed by atoms with van der Waals surface area (Å²) in [5.74, 6) is 1.55. The van der Waals surface area contributed by atoms with Crippen LogP contribution in [0.3, 0.4) is 0 Å². The third kappa shape index (κ3) is 1.95. The van der Waals surface area contributed by atoms with Crippen LogP contribution in [0.25, 0.3) is 11.1 Å². The van der Waals surface area contributed by atoms with Crippen LogP contribution in [0.4, 0.5) is 0 Å². The van der Waals surface area contributed by atoms with Crippen molar-refractivity contribution < 1.29 is 0 Å². The van der Waals surface area contributed by atoms with Gasteiger partial charge in [-0.3, -0.25) is 0 Å². The van der Waals surface area contributed by atoms with Crippen LogP contribution >= 0.6 is 34.4 Å². The molecular weight excluding hydrogens is 324 g/mol. The van der Waals surface area contributed by atoms with Gasteiger partial charge in [0.05, 0.1) is 0 Å². The van der Waals surface area contributed by atoms with Gasteiger partial charge in [-0.05, 0) is 75.8 Å². The topological polar surface area (TPSA) is 0 Å². The highest BCUT2D eigenvalue weighted by Gasteiger charge is 2.39. The molecule has 22 heavy (non-hydrogen) atoms. The summed E-state index contributed by atoms with van der Waals surface area (Å²) in [4.78, 5) is 1.51. The second-order valence-corrected chi connectivity index (χ2v) is 9.36. The minimum atomic E-state index is 0.698. The molecule has 2 aliphatic carbocycles. The van der Waals surface area contributed by atoms with E-state index in [2.05, 4.69) is 40.4 Å². The molecule has 0 spiro atoms. The molecule has 0 amide bonds. The van der Waals surface area contributed by atoms with Crippen LogP contribution < -0.4 is 9.75 Å². The number of hydrogen-bond donors (Lipinski definition) is 0. The first-order chi connectivity index (χ1) is 10.9. The van der Waals surface area contributed by atoms with E-state index in [0.29, 0.717) is 5.25 Å². The predicted molar refractivity (Wildman–Crippen MR) is 99.8 cm³/mol. The maximum Gasteiger partial charge on any atom is 0.0391 e. The van der Waals surface area contributed by atoms with Gasteiger partial charge in [0.25, 0.3) is 0 Å². The Hall–Kier alpha value is -0.770. The van der Waals surface area contributed by atoms with Crippen molar-refractivity contribution in [2.45, 2.75) is 30.9 Å². The standard InChI is InChI=1S/C19H18S3/c1-4-12-13(5-1)18(16-7-3-10-21-16)19-14(8-11-22-19)17(12)15-6-2-9-20-15/h2-3,7-13,15H,1,4-6H2. The van der Waals surface area contributed by atoms with Crippen LogP contribution in [0, 0.1) is 11.8 Å². The molecule has 3 heterocycles. The summed E-state index contributed by atoms with van der Waals surface area (Å²) in [6.07, 6.45) is 7.75. The van der Waals surface area contributed by atoms with Crippen LogP contribution in [0.15, 0.2) is 40.4 Å². The van der Waals surface area contributed by atoms with Crippen molar-refractivity contribution in [3.63, 3.8) is 0 Å². The fraction of sp³-hybridized carbons (Fsp3) is 0.368. The molecule has 3 heteroatoms. The van der Waals surface area contributed by atoms with Gasteiger partial charge in [0.2, 0.25) is 0 Å². The van der Waals surface area contributed by atoms with Crippen molar-refractivity contribution in [1.29, 1.82) is 0 Å². The third-order valence-electron chi connectivity index (χ3n) is 5.33. The molecule has 3 unspecified atom stereocenters. The SMILES string of the molecule is C1=CSC(C2=c3ccsc3=C(c3cccs3)C3CCCC23)C1. The van der Waals surface area contributed by atoms with Crippen LogP contribution in [0.1, 0.15) is 30.6 Å². The van der Waals surface area contributed by atoms with Gasteiger partial charge in [-0.15, -0.1) is 34.4 Å². The first kappa shape index (κ1) is 13.6. The molecule has 0 N–H and O–H groups in total. The fourth-order valence-corrected chi connectivity index (χ4v) is 7.54. The quantitative estimate of drug-likeness (QED) is 0.768. The van der Waals surface area contributed by atoms with Gasteiger partial charge in [0, 0.05) is 14.7 Å². The van der Waals surface area contributed by atoms with Gasteiger partial charge in [-0.25, -0.2) is 0 Å². The first-order valence-corrected chi connectivity index (χ1v) is 10.8. The lowest BCUT2D eigenvalue weighted by Gasteiger charge is -2.31. The lowest BCUT2D eigenvalue weighted by molar-refractivity contribution is 0.568. The summed E-state index contributed by atoms with van der Waals surface area (Å²) in [6, 6.07) is 6.94. The zero-order valence-corrected chi connectivity index (χ0v) is 14.8. The Morgan fingerprint density at radius 1 is 1.00 bits per heavy atom. The van der Waals surface area contributed by atoms with Crippen molar-refractivity contribution in [2.24, 2.45) is 11.8 Å². The molecule has 112 valence electrons. The predicted octanol–water partition coefficient (Wildman–Crippen LogP) is 4.61. The summed E-state index contributed by atoms with van der Waals surface area (Å²) in [6.45, 7) is 0. The smallest absolute Gasteiger partial charge is 0.0391 e. The van der Waals surface area contributed by atoms with Crippen LogP contribution in [-0.4, -0.2) is 5.25 Å². The molecule has 3 atom stereocenters. The molecule has 1 fully saturated rings. The number of thiophene rings is 2. The van der Waals surface area contributed by atoms with E-state index in [9.17, 15) is 0 Å². The van der Waals surface area contributed by atoms with Crippen molar-refractivity contribution in [3.8, 4) is 0 Å². The summed E-state index contributed by atoms with van der Waals surface area (Å²) in [5.41, 5.74) is 3.44. The molecule has 3 aliphatic rings. The van der Waals surface area contributed by atoms with E-state index in [1.165, 1.54) is 30.6 Å². The maximum atomic E-state index is 2.40. The van der Waals surface area contributed by atoms with Crippen molar-refractivity contribution in [2.75, 3.05) is 0 Å². The molecule has 0 aromatic carbocycles. The lowest BCUT2D eigenvalue weighted by Crippen LogP contribution is -2.38. The fourth-order valence-electron chi connectivity index (χ4n) is 4.52. The van der Waals surface area contributed by atoms with E-state index in [1.807, 2.05) is 34.4 Å². The summed E-state index contributed by atoms with van der Waals surface area (Å²) in [7, 11) is 0. The first-order valence-electron chi connectivity index (χ1n) is 8.09. The minimum absolute atomic E-state index is 0.698. The highest BCUT2D eigenvalue weighted by atomic mass is 32.2. The molecule has 0 radical (unpaired) electrons. The van der Waals surface area contributed by atoms with Crippen molar-refractivity contribution in [3.05, 3.63) is 55.1 Å². The van der Waals surface area contributed by atoms with Crippen LogP contribution in [-0.2, 0) is 0 Å². The Balaban J connectivity index is 1.82. The molecular formula is C19H18S3. The second-order valence-electron chi connectivity index (χ2n) is 6.39. The van der Waals surface area contributed by atoms with E-state index in [1.54, 1.807) is 20.9 Å². The molecule has 1 saturated carbocycles. The van der Waals surface area contributed by atoms with Gasteiger partial charge < -0.3 is 0 Å². The zero-order chi connectivity index (χ0) is 14.5. The number of allylic oxidation sites excluding steroid dienone is 1. The average Bonchev–Trinajstić information content (AvgIpc) is 3.29. The molecule has 1 aliphatic heterocycles. The van der Waals surface area contributed by atoms with Crippen LogP contribution in [0.2, 0.25) is 0 Å². The Morgan fingerprint density at radius 2 is 1.95 bits per heavy atom. The molecule has 2 aromatic rings. The highest BCUT2D eigenvalue weighted by Crippen LogP contribution is 2.49. The summed E-state index contributed by atoms with van der Waals surface area (Å²) in [5, 5.41) is 9.13. The lowest BCUT2D eigenvalue weighted by atomic mass is 9.77. The summed E-state index contributed by atoms with van der Waals surface area (Å²) < 4.78 is 1.58. The van der Waals surface area contributed by atoms with Crippen molar-refractivity contribution >= 4 is 45.6 Å². The van der Waals surface area contributed by atoms with E-state index in [4.69, 9.17) is 0 Å². The van der Waals surface area contributed by atoms with E-state index >= 15 is 0 Å². The molecule has 2 aromatic heterocycles. The second kappa shape index (κ2) is 5.40. The molecule has 0 bridgehead atoms. The Kier molecular flexibility index (Phi) is 3.35. The van der Waals surface area contributed by atoms with Gasteiger partial charge >= 0.3 is 0 Å². The minimum Gasteiger partial charge on any atom is -0.144 e. The van der Waals surface area contributed by atoms with E-state index < -0.39 is 0 Å². The monoisotopic (exact) mass is 342 g/mol. The number of rotatable bonds is 2. The van der Waals surface area contributed by atoms with Crippen LogP contribution in [0.5, 0.6) is 0 Å². The normalized spacial score (nSPS) is 29.9. The Bertz CT molecular complexity index is 830. The van der Waals surface area contributed by atoms with Gasteiger partial charge in [-0.1, -0.05) is 18.6 Å². The van der Waals surface area contributed by atoms with Gasteiger partial charge in [0.1, 0.15) is 0 Å². The highest BCUT2D eigenvalue weighted by molar-refractivity contribution is 8.03. The molecule has 0 nitrogen and oxygen atoms in total. The van der Waals surface area contributed by atoms with Gasteiger partial charge in [-0.2, -0.15) is 0 Å². The number of hydrogen-bond acceptors (Lipinski definition) is 3. The summed E-state index contributed by atoms with van der Waals surface area (Å²) >= 11 is 5.93. The van der Waals surface area contributed by atoms with Gasteiger partial charge in [0.15, 0.2) is 0 Å². The number of thioether (sulfide) groups is 1.